The Morgan fingerprint density at radius 3 is 2.52 bits per heavy atom. The highest BCUT2D eigenvalue weighted by molar-refractivity contribution is 7.99. The van der Waals surface area contributed by atoms with Crippen LogP contribution < -0.4 is 4.72 Å². The van der Waals surface area contributed by atoms with Crippen LogP contribution in [0.3, 0.4) is 0 Å². The van der Waals surface area contributed by atoms with Gasteiger partial charge in [0.2, 0.25) is 10.0 Å². The van der Waals surface area contributed by atoms with Gasteiger partial charge in [0, 0.05) is 18.3 Å². The van der Waals surface area contributed by atoms with E-state index in [-0.39, 0.29) is 11.5 Å². The second-order valence-corrected chi connectivity index (χ2v) is 7.08. The van der Waals surface area contributed by atoms with Gasteiger partial charge in [0.15, 0.2) is 10.9 Å². The van der Waals surface area contributed by atoms with Crippen molar-refractivity contribution in [2.75, 3.05) is 16.7 Å². The number of thioether (sulfide) groups is 1. The van der Waals surface area contributed by atoms with Crippen LogP contribution in [0.4, 0.5) is 5.69 Å². The molecule has 1 N–H and O–H groups in total. The summed E-state index contributed by atoms with van der Waals surface area (Å²) in [6.45, 7) is 0. The van der Waals surface area contributed by atoms with Crippen LogP contribution in [0.5, 0.6) is 0 Å². The Morgan fingerprint density at radius 1 is 1.33 bits per heavy atom. The lowest BCUT2D eigenvalue weighted by Crippen LogP contribution is -2.10. The van der Waals surface area contributed by atoms with Crippen LogP contribution in [0.2, 0.25) is 0 Å². The number of carbonyl (C=O) groups is 1. The monoisotopic (exact) mass is 326 g/mol. The Balaban J connectivity index is 1.98. The average molecular weight is 326 g/mol. The number of Topliss-reactive ketones (excluding diaryl/α,β-unsaturated/α-hetero) is 1. The number of anilines is 1. The summed E-state index contributed by atoms with van der Waals surface area (Å²) in [7, 11) is -1.51. The van der Waals surface area contributed by atoms with Gasteiger partial charge < -0.3 is 4.57 Å². The van der Waals surface area contributed by atoms with E-state index in [4.69, 9.17) is 0 Å². The number of hydrogen-bond acceptors (Lipinski definition) is 6. The third kappa shape index (κ3) is 4.57. The van der Waals surface area contributed by atoms with Crippen molar-refractivity contribution in [3.05, 3.63) is 36.2 Å². The summed E-state index contributed by atoms with van der Waals surface area (Å²) in [4.78, 5) is 12.0. The zero-order chi connectivity index (χ0) is 15.5. The number of rotatable bonds is 6. The van der Waals surface area contributed by atoms with Gasteiger partial charge in [-0.2, -0.15) is 0 Å². The van der Waals surface area contributed by atoms with Crippen LogP contribution in [-0.4, -0.2) is 41.0 Å². The predicted octanol–water partition coefficient (Wildman–Crippen LogP) is 1.16. The SMILES string of the molecule is Cn1cnnc1SCC(=O)c1ccc(NS(C)(=O)=O)cc1. The summed E-state index contributed by atoms with van der Waals surface area (Å²) in [6, 6.07) is 6.29. The molecule has 2 rings (SSSR count). The van der Waals surface area contributed by atoms with Gasteiger partial charge in [0.25, 0.3) is 0 Å². The van der Waals surface area contributed by atoms with Crippen molar-refractivity contribution in [2.24, 2.45) is 7.05 Å². The van der Waals surface area contributed by atoms with Crippen LogP contribution in [-0.2, 0) is 17.1 Å². The molecule has 0 aliphatic rings. The molecule has 0 aliphatic carbocycles. The molecule has 0 spiro atoms. The summed E-state index contributed by atoms with van der Waals surface area (Å²) in [5, 5.41) is 8.28. The fourth-order valence-electron chi connectivity index (χ4n) is 1.55. The van der Waals surface area contributed by atoms with Crippen LogP contribution in [0.1, 0.15) is 10.4 Å². The van der Waals surface area contributed by atoms with Crippen LogP contribution in [0.25, 0.3) is 0 Å². The third-order valence-electron chi connectivity index (χ3n) is 2.51. The maximum Gasteiger partial charge on any atom is 0.229 e. The highest BCUT2D eigenvalue weighted by Gasteiger charge is 2.10. The Hall–Kier alpha value is -1.87. The molecule has 0 aliphatic heterocycles. The number of carbonyl (C=O) groups excluding carboxylic acids is 1. The van der Waals surface area contributed by atoms with Crippen LogP contribution in [0, 0.1) is 0 Å². The van der Waals surface area contributed by atoms with E-state index in [9.17, 15) is 13.2 Å². The number of aromatic nitrogens is 3. The molecule has 0 unspecified atom stereocenters. The molecule has 9 heteroatoms. The minimum Gasteiger partial charge on any atom is -0.312 e. The predicted molar refractivity (Wildman–Crippen MR) is 81.0 cm³/mol. The summed E-state index contributed by atoms with van der Waals surface area (Å²) in [5.74, 6) is 0.180. The molecule has 0 amide bonds. The van der Waals surface area contributed by atoms with Gasteiger partial charge in [0.1, 0.15) is 6.33 Å². The number of nitrogens with one attached hydrogen (secondary N) is 1. The molecule has 0 saturated heterocycles. The Bertz CT molecular complexity index is 738. The largest absolute Gasteiger partial charge is 0.312 e. The van der Waals surface area contributed by atoms with E-state index >= 15 is 0 Å². The van der Waals surface area contributed by atoms with Gasteiger partial charge in [-0.3, -0.25) is 9.52 Å². The lowest BCUT2D eigenvalue weighted by Gasteiger charge is -2.05. The molecule has 112 valence electrons. The Kier molecular flexibility index (Phi) is 4.63. The summed E-state index contributed by atoms with van der Waals surface area (Å²) >= 11 is 1.30. The fraction of sp³-hybridized carbons (Fsp3) is 0.250. The van der Waals surface area contributed by atoms with E-state index in [1.165, 1.54) is 11.8 Å². The summed E-state index contributed by atoms with van der Waals surface area (Å²) < 4.78 is 26.3. The van der Waals surface area contributed by atoms with E-state index in [1.807, 2.05) is 0 Å². The first-order valence-electron chi connectivity index (χ1n) is 5.93. The zero-order valence-electron chi connectivity index (χ0n) is 11.5. The smallest absolute Gasteiger partial charge is 0.229 e. The van der Waals surface area contributed by atoms with E-state index in [0.717, 1.165) is 6.26 Å². The maximum atomic E-state index is 12.0. The van der Waals surface area contributed by atoms with Crippen molar-refractivity contribution in [2.45, 2.75) is 5.16 Å². The number of benzene rings is 1. The Labute approximate surface area is 126 Å². The van der Waals surface area contributed by atoms with Gasteiger partial charge in [-0.25, -0.2) is 8.42 Å². The molecule has 0 atom stereocenters. The Morgan fingerprint density at radius 2 is 2.00 bits per heavy atom. The fourth-order valence-corrected chi connectivity index (χ4v) is 2.90. The van der Waals surface area contributed by atoms with E-state index in [0.29, 0.717) is 16.4 Å². The van der Waals surface area contributed by atoms with Crippen molar-refractivity contribution in [3.63, 3.8) is 0 Å². The number of aryl methyl sites for hydroxylation is 1. The normalized spacial score (nSPS) is 11.3. The van der Waals surface area contributed by atoms with Crippen molar-refractivity contribution in [3.8, 4) is 0 Å². The third-order valence-corrected chi connectivity index (χ3v) is 4.15. The van der Waals surface area contributed by atoms with Crippen molar-refractivity contribution >= 4 is 33.3 Å². The van der Waals surface area contributed by atoms with Crippen molar-refractivity contribution < 1.29 is 13.2 Å². The number of sulfonamides is 1. The van der Waals surface area contributed by atoms with Gasteiger partial charge in [0.05, 0.1) is 12.0 Å². The maximum absolute atomic E-state index is 12.0. The average Bonchev–Trinajstić information content (AvgIpc) is 2.80. The highest BCUT2D eigenvalue weighted by Crippen LogP contribution is 2.17. The second-order valence-electron chi connectivity index (χ2n) is 4.39. The molecule has 0 bridgehead atoms. The molecular formula is C12H14N4O3S2. The molecule has 0 saturated carbocycles. The van der Waals surface area contributed by atoms with E-state index in [2.05, 4.69) is 14.9 Å². The van der Waals surface area contributed by atoms with Crippen LogP contribution >= 0.6 is 11.8 Å². The lowest BCUT2D eigenvalue weighted by molar-refractivity contribution is 0.102. The quantitative estimate of drug-likeness (QED) is 0.632. The van der Waals surface area contributed by atoms with Crippen LogP contribution in [0.15, 0.2) is 35.7 Å². The molecular weight excluding hydrogens is 312 g/mol. The first-order valence-corrected chi connectivity index (χ1v) is 8.81. The van der Waals surface area contributed by atoms with Gasteiger partial charge >= 0.3 is 0 Å². The molecule has 1 aromatic carbocycles. The van der Waals surface area contributed by atoms with E-state index < -0.39 is 10.0 Å². The molecule has 2 aromatic rings. The van der Waals surface area contributed by atoms with Crippen molar-refractivity contribution in [1.29, 1.82) is 0 Å². The molecule has 1 heterocycles. The first kappa shape index (κ1) is 15.5. The first-order chi connectivity index (χ1) is 9.85. The highest BCUT2D eigenvalue weighted by atomic mass is 32.2. The minimum atomic E-state index is -3.31. The van der Waals surface area contributed by atoms with Gasteiger partial charge in [-0.15, -0.1) is 10.2 Å². The van der Waals surface area contributed by atoms with E-state index in [1.54, 1.807) is 42.2 Å². The lowest BCUT2D eigenvalue weighted by atomic mass is 10.1. The number of hydrogen-bond donors (Lipinski definition) is 1. The van der Waals surface area contributed by atoms with Gasteiger partial charge in [-0.05, 0) is 24.3 Å². The second kappa shape index (κ2) is 6.27. The van der Waals surface area contributed by atoms with Gasteiger partial charge in [-0.1, -0.05) is 11.8 Å². The standard InChI is InChI=1S/C12H14N4O3S2/c1-16-8-13-14-12(16)20-7-11(17)9-3-5-10(6-4-9)15-21(2,18)19/h3-6,8,15H,7H2,1-2H3. The minimum absolute atomic E-state index is 0.0612. The molecule has 7 nitrogen and oxygen atoms in total. The van der Waals surface area contributed by atoms with Crippen molar-refractivity contribution in [1.82, 2.24) is 14.8 Å². The molecule has 1 aromatic heterocycles. The molecule has 0 radical (unpaired) electrons. The summed E-state index contributed by atoms with van der Waals surface area (Å²) in [6.07, 6.45) is 2.64. The topological polar surface area (TPSA) is 93.9 Å². The number of ketones is 1. The summed E-state index contributed by atoms with van der Waals surface area (Å²) in [5.41, 5.74) is 0.943. The molecule has 0 fully saturated rings. The zero-order valence-corrected chi connectivity index (χ0v) is 13.1. The number of nitrogens with zero attached hydrogens (tertiary/aromatic N) is 3. The molecule has 21 heavy (non-hydrogen) atoms.